The summed E-state index contributed by atoms with van der Waals surface area (Å²) < 4.78 is 5.20. The number of aryl methyl sites for hydroxylation is 2. The van der Waals surface area contributed by atoms with Crippen LogP contribution in [-0.2, 0) is 0 Å². The molecular formula is C21H27N3O3. The average Bonchev–Trinajstić information content (AvgIpc) is 2.67. The van der Waals surface area contributed by atoms with Crippen molar-refractivity contribution in [1.29, 1.82) is 0 Å². The largest absolute Gasteiger partial charge is 0.496 e. The number of carbonyl (C=O) groups is 2. The van der Waals surface area contributed by atoms with Crippen LogP contribution >= 0.6 is 0 Å². The predicted molar refractivity (Wildman–Crippen MR) is 107 cm³/mol. The van der Waals surface area contributed by atoms with E-state index in [-0.39, 0.29) is 18.0 Å². The summed E-state index contributed by atoms with van der Waals surface area (Å²) in [5, 5.41) is 8.34. The van der Waals surface area contributed by atoms with Gasteiger partial charge in [0.05, 0.1) is 18.7 Å². The van der Waals surface area contributed by atoms with Crippen molar-refractivity contribution in [3.05, 3.63) is 58.7 Å². The van der Waals surface area contributed by atoms with Crippen LogP contribution in [0.4, 0.5) is 10.5 Å². The summed E-state index contributed by atoms with van der Waals surface area (Å²) in [6.07, 6.45) is 0.766. The van der Waals surface area contributed by atoms with E-state index < -0.39 is 0 Å². The summed E-state index contributed by atoms with van der Waals surface area (Å²) in [5.41, 5.74) is 4.36. The maximum Gasteiger partial charge on any atom is 0.319 e. The Kier molecular flexibility index (Phi) is 6.82. The number of urea groups is 1. The van der Waals surface area contributed by atoms with E-state index in [1.165, 1.54) is 18.2 Å². The van der Waals surface area contributed by atoms with E-state index in [0.717, 1.165) is 12.0 Å². The van der Waals surface area contributed by atoms with E-state index in [2.05, 4.69) is 41.9 Å². The highest BCUT2D eigenvalue weighted by molar-refractivity contribution is 5.99. The number of anilines is 1. The summed E-state index contributed by atoms with van der Waals surface area (Å²) in [6.45, 7) is 6.15. The van der Waals surface area contributed by atoms with Crippen LogP contribution in [0.5, 0.6) is 5.75 Å². The second-order valence-electron chi connectivity index (χ2n) is 6.40. The maximum absolute atomic E-state index is 12.5. The number of nitrogens with one attached hydrogen (secondary N) is 3. The van der Waals surface area contributed by atoms with E-state index in [1.807, 2.05) is 13.0 Å². The fourth-order valence-corrected chi connectivity index (χ4v) is 2.83. The standard InChI is InChI=1S/C21H27N3O3/c1-6-18(15-8-7-13(2)14(3)11-15)24-21(26)23-16-9-10-19(27-5)17(12-16)20(25)22-4/h7-12,18H,6H2,1-5H3,(H,22,25)(H2,23,24,26)/t18-/m1/s1. The number of hydrogen-bond donors (Lipinski definition) is 3. The number of ether oxygens (including phenoxy) is 1. The quantitative estimate of drug-likeness (QED) is 0.721. The minimum absolute atomic E-state index is 0.0963. The van der Waals surface area contributed by atoms with Gasteiger partial charge in [-0.2, -0.15) is 0 Å². The number of hydrogen-bond acceptors (Lipinski definition) is 3. The Hall–Kier alpha value is -3.02. The minimum atomic E-state index is -0.326. The maximum atomic E-state index is 12.5. The molecule has 27 heavy (non-hydrogen) atoms. The molecule has 0 aliphatic rings. The molecule has 2 aromatic carbocycles. The van der Waals surface area contributed by atoms with Crippen molar-refractivity contribution in [3.8, 4) is 5.75 Å². The third kappa shape index (κ3) is 5.00. The molecule has 0 saturated carbocycles. The van der Waals surface area contributed by atoms with Gasteiger partial charge >= 0.3 is 6.03 Å². The summed E-state index contributed by atoms with van der Waals surface area (Å²) in [5.74, 6) is 0.166. The molecule has 0 radical (unpaired) electrons. The van der Waals surface area contributed by atoms with Crippen molar-refractivity contribution in [3.63, 3.8) is 0 Å². The lowest BCUT2D eigenvalue weighted by atomic mass is 9.99. The van der Waals surface area contributed by atoms with E-state index >= 15 is 0 Å². The van der Waals surface area contributed by atoms with Gasteiger partial charge in [-0.05, 0) is 55.2 Å². The summed E-state index contributed by atoms with van der Waals surface area (Å²) in [6, 6.07) is 10.7. The van der Waals surface area contributed by atoms with Crippen LogP contribution in [0, 0.1) is 13.8 Å². The van der Waals surface area contributed by atoms with Crippen LogP contribution < -0.4 is 20.7 Å². The molecule has 3 N–H and O–H groups in total. The molecule has 2 rings (SSSR count). The van der Waals surface area contributed by atoms with Gasteiger partial charge in [-0.25, -0.2) is 4.79 Å². The SMILES string of the molecule is CC[C@@H](NC(=O)Nc1ccc(OC)c(C(=O)NC)c1)c1ccc(C)c(C)c1. The van der Waals surface area contributed by atoms with Crippen LogP contribution in [0.15, 0.2) is 36.4 Å². The second-order valence-corrected chi connectivity index (χ2v) is 6.40. The molecule has 0 saturated heterocycles. The first-order chi connectivity index (χ1) is 12.9. The van der Waals surface area contributed by atoms with Gasteiger partial charge in [0.15, 0.2) is 0 Å². The lowest BCUT2D eigenvalue weighted by Gasteiger charge is -2.19. The van der Waals surface area contributed by atoms with Gasteiger partial charge in [0.2, 0.25) is 0 Å². The number of rotatable bonds is 6. The normalized spacial score (nSPS) is 11.4. The number of amides is 3. The summed E-state index contributed by atoms with van der Waals surface area (Å²) in [7, 11) is 3.04. The molecular weight excluding hydrogens is 342 g/mol. The first kappa shape index (κ1) is 20.3. The Morgan fingerprint density at radius 2 is 1.81 bits per heavy atom. The Balaban J connectivity index is 2.14. The van der Waals surface area contributed by atoms with Gasteiger partial charge < -0.3 is 20.7 Å². The Bertz CT molecular complexity index is 833. The molecule has 1 atom stereocenters. The van der Waals surface area contributed by atoms with Gasteiger partial charge in [-0.3, -0.25) is 4.79 Å². The molecule has 0 aromatic heterocycles. The second kappa shape index (κ2) is 9.07. The first-order valence-electron chi connectivity index (χ1n) is 8.94. The lowest BCUT2D eigenvalue weighted by Crippen LogP contribution is -2.32. The average molecular weight is 369 g/mol. The fraction of sp³-hybridized carbons (Fsp3) is 0.333. The van der Waals surface area contributed by atoms with E-state index in [9.17, 15) is 9.59 Å². The number of carbonyl (C=O) groups excluding carboxylic acids is 2. The minimum Gasteiger partial charge on any atom is -0.496 e. The fourth-order valence-electron chi connectivity index (χ4n) is 2.83. The van der Waals surface area contributed by atoms with E-state index in [1.54, 1.807) is 25.2 Å². The Morgan fingerprint density at radius 1 is 1.07 bits per heavy atom. The zero-order valence-corrected chi connectivity index (χ0v) is 16.5. The monoisotopic (exact) mass is 369 g/mol. The highest BCUT2D eigenvalue weighted by Gasteiger charge is 2.16. The molecule has 0 fully saturated rings. The van der Waals surface area contributed by atoms with Crippen molar-refractivity contribution in [2.75, 3.05) is 19.5 Å². The molecule has 0 bridgehead atoms. The molecule has 6 heteroatoms. The molecule has 0 aliphatic carbocycles. The first-order valence-corrected chi connectivity index (χ1v) is 8.94. The number of methoxy groups -OCH3 is 1. The molecule has 0 heterocycles. The summed E-state index contributed by atoms with van der Waals surface area (Å²) in [4.78, 5) is 24.4. The molecule has 0 spiro atoms. The third-order valence-corrected chi connectivity index (χ3v) is 4.58. The highest BCUT2D eigenvalue weighted by atomic mass is 16.5. The van der Waals surface area contributed by atoms with Gasteiger partial charge in [-0.1, -0.05) is 25.1 Å². The van der Waals surface area contributed by atoms with Crippen molar-refractivity contribution >= 4 is 17.6 Å². The van der Waals surface area contributed by atoms with Crippen molar-refractivity contribution in [2.24, 2.45) is 0 Å². The zero-order chi connectivity index (χ0) is 20.0. The third-order valence-electron chi connectivity index (χ3n) is 4.58. The van der Waals surface area contributed by atoms with Crippen LogP contribution in [0.2, 0.25) is 0 Å². The molecule has 6 nitrogen and oxygen atoms in total. The zero-order valence-electron chi connectivity index (χ0n) is 16.5. The van der Waals surface area contributed by atoms with E-state index in [0.29, 0.717) is 17.0 Å². The van der Waals surface area contributed by atoms with Gasteiger partial charge in [0.1, 0.15) is 5.75 Å². The number of benzene rings is 2. The molecule has 0 aliphatic heterocycles. The molecule has 144 valence electrons. The van der Waals surface area contributed by atoms with Gasteiger partial charge in [0.25, 0.3) is 5.91 Å². The van der Waals surface area contributed by atoms with Crippen LogP contribution in [0.3, 0.4) is 0 Å². The van der Waals surface area contributed by atoms with Crippen LogP contribution in [0.1, 0.15) is 46.4 Å². The summed E-state index contributed by atoms with van der Waals surface area (Å²) >= 11 is 0. The Morgan fingerprint density at radius 3 is 2.41 bits per heavy atom. The Labute approximate surface area is 160 Å². The smallest absolute Gasteiger partial charge is 0.319 e. The van der Waals surface area contributed by atoms with E-state index in [4.69, 9.17) is 4.74 Å². The molecule has 2 aromatic rings. The van der Waals surface area contributed by atoms with Crippen molar-refractivity contribution in [1.82, 2.24) is 10.6 Å². The lowest BCUT2D eigenvalue weighted by molar-refractivity contribution is 0.0960. The molecule has 0 unspecified atom stereocenters. The topological polar surface area (TPSA) is 79.5 Å². The van der Waals surface area contributed by atoms with Gasteiger partial charge in [-0.15, -0.1) is 0 Å². The van der Waals surface area contributed by atoms with Gasteiger partial charge in [0, 0.05) is 12.7 Å². The molecule has 3 amide bonds. The van der Waals surface area contributed by atoms with Crippen LogP contribution in [-0.4, -0.2) is 26.1 Å². The van der Waals surface area contributed by atoms with Crippen molar-refractivity contribution < 1.29 is 14.3 Å². The van der Waals surface area contributed by atoms with Crippen molar-refractivity contribution in [2.45, 2.75) is 33.2 Å². The van der Waals surface area contributed by atoms with Crippen LogP contribution in [0.25, 0.3) is 0 Å². The predicted octanol–water partition coefficient (Wildman–Crippen LogP) is 3.94. The highest BCUT2D eigenvalue weighted by Crippen LogP contribution is 2.23.